The van der Waals surface area contributed by atoms with Crippen molar-refractivity contribution < 1.29 is 19.8 Å². The lowest BCUT2D eigenvalue weighted by molar-refractivity contribution is -0.134. The number of aliphatic hydroxyl groups excluding tert-OH is 2. The summed E-state index contributed by atoms with van der Waals surface area (Å²) < 4.78 is 0. The van der Waals surface area contributed by atoms with Crippen LogP contribution in [-0.2, 0) is 9.59 Å². The smallest absolute Gasteiger partial charge is 0.160 e. The number of aliphatic hydroxyl groups is 2. The van der Waals surface area contributed by atoms with Crippen molar-refractivity contribution in [2.45, 2.75) is 32.1 Å². The van der Waals surface area contributed by atoms with Crippen LogP contribution in [0.25, 0.3) is 0 Å². The van der Waals surface area contributed by atoms with Crippen LogP contribution in [0.4, 0.5) is 0 Å². The highest BCUT2D eigenvalue weighted by molar-refractivity contribution is 5.85. The van der Waals surface area contributed by atoms with Crippen LogP contribution in [0, 0.1) is 0 Å². The van der Waals surface area contributed by atoms with Gasteiger partial charge in [-0.1, -0.05) is 0 Å². The van der Waals surface area contributed by atoms with E-state index in [0.29, 0.717) is 0 Å². The molecule has 0 saturated heterocycles. The summed E-state index contributed by atoms with van der Waals surface area (Å²) in [5.41, 5.74) is 5.19. The molecule has 0 aromatic carbocycles. The third-order valence-corrected chi connectivity index (χ3v) is 1.58. The van der Waals surface area contributed by atoms with Crippen molar-refractivity contribution >= 4 is 11.6 Å². The SMILES string of the molecule is CC(=O)C(N)C(O)C(O)C(C)=O. The van der Waals surface area contributed by atoms with E-state index in [1.165, 1.54) is 6.92 Å². The fraction of sp³-hybridized carbons (Fsp3) is 0.714. The Morgan fingerprint density at radius 1 is 1.17 bits per heavy atom. The molecule has 12 heavy (non-hydrogen) atoms. The molecule has 4 N–H and O–H groups in total. The van der Waals surface area contributed by atoms with Gasteiger partial charge in [0.25, 0.3) is 0 Å². The summed E-state index contributed by atoms with van der Waals surface area (Å²) in [6.07, 6.45) is -3.09. The quantitative estimate of drug-likeness (QED) is 0.468. The zero-order valence-corrected chi connectivity index (χ0v) is 7.02. The second-order valence-corrected chi connectivity index (χ2v) is 2.68. The first-order valence-corrected chi connectivity index (χ1v) is 3.50. The molecule has 0 aliphatic rings. The monoisotopic (exact) mass is 175 g/mol. The van der Waals surface area contributed by atoms with Crippen LogP contribution >= 0.6 is 0 Å². The maximum Gasteiger partial charge on any atom is 0.160 e. The lowest BCUT2D eigenvalue weighted by atomic mass is 10.0. The summed E-state index contributed by atoms with van der Waals surface area (Å²) in [7, 11) is 0. The minimum atomic E-state index is -1.58. The average Bonchev–Trinajstić information content (AvgIpc) is 2.00. The Balaban J connectivity index is 4.28. The van der Waals surface area contributed by atoms with Gasteiger partial charge in [0.2, 0.25) is 0 Å². The molecule has 0 aliphatic heterocycles. The molecule has 0 aliphatic carbocycles. The van der Waals surface area contributed by atoms with E-state index in [4.69, 9.17) is 15.9 Å². The van der Waals surface area contributed by atoms with Gasteiger partial charge < -0.3 is 15.9 Å². The summed E-state index contributed by atoms with van der Waals surface area (Å²) in [5, 5.41) is 18.1. The van der Waals surface area contributed by atoms with Crippen molar-refractivity contribution in [2.24, 2.45) is 5.73 Å². The van der Waals surface area contributed by atoms with Crippen molar-refractivity contribution in [3.05, 3.63) is 0 Å². The van der Waals surface area contributed by atoms with E-state index in [9.17, 15) is 9.59 Å². The number of rotatable bonds is 4. The van der Waals surface area contributed by atoms with Crippen LogP contribution in [0.3, 0.4) is 0 Å². The molecule has 3 atom stereocenters. The second kappa shape index (κ2) is 4.30. The third-order valence-electron chi connectivity index (χ3n) is 1.58. The fourth-order valence-electron chi connectivity index (χ4n) is 0.677. The standard InChI is InChI=1S/C7H13NO4/c1-3(9)5(8)7(12)6(11)4(2)10/h5-7,11-12H,8H2,1-2H3. The van der Waals surface area contributed by atoms with Gasteiger partial charge >= 0.3 is 0 Å². The van der Waals surface area contributed by atoms with Crippen LogP contribution in [0.15, 0.2) is 0 Å². The maximum absolute atomic E-state index is 10.6. The Hall–Kier alpha value is -0.780. The van der Waals surface area contributed by atoms with Crippen molar-refractivity contribution in [2.75, 3.05) is 0 Å². The van der Waals surface area contributed by atoms with Crippen LogP contribution in [-0.4, -0.2) is 40.0 Å². The molecule has 5 heteroatoms. The molecule has 5 nitrogen and oxygen atoms in total. The van der Waals surface area contributed by atoms with E-state index in [0.717, 1.165) is 6.92 Å². The predicted octanol–water partition coefficient (Wildman–Crippen LogP) is -1.79. The van der Waals surface area contributed by atoms with Crippen molar-refractivity contribution in [1.29, 1.82) is 0 Å². The molecule has 3 unspecified atom stereocenters. The molecule has 0 aromatic rings. The Morgan fingerprint density at radius 2 is 1.58 bits per heavy atom. The number of Topliss-reactive ketones (excluding diaryl/α,β-unsaturated/α-hetero) is 2. The van der Waals surface area contributed by atoms with Gasteiger partial charge in [0, 0.05) is 0 Å². The molecule has 70 valence electrons. The van der Waals surface area contributed by atoms with Crippen LogP contribution in [0.2, 0.25) is 0 Å². The molecule has 0 rings (SSSR count). The number of carbonyl (C=O) groups is 2. The molecule has 0 spiro atoms. The Labute approximate surface area is 70.2 Å². The van der Waals surface area contributed by atoms with Gasteiger partial charge in [-0.3, -0.25) is 9.59 Å². The zero-order chi connectivity index (χ0) is 9.89. The molecular formula is C7H13NO4. The largest absolute Gasteiger partial charge is 0.388 e. The Kier molecular flexibility index (Phi) is 4.02. The van der Waals surface area contributed by atoms with Gasteiger partial charge in [0.05, 0.1) is 6.04 Å². The zero-order valence-electron chi connectivity index (χ0n) is 7.02. The highest BCUT2D eigenvalue weighted by Gasteiger charge is 2.29. The summed E-state index contributed by atoms with van der Waals surface area (Å²) in [6, 6.07) is -1.20. The molecular weight excluding hydrogens is 162 g/mol. The first kappa shape index (κ1) is 11.2. The summed E-state index contributed by atoms with van der Waals surface area (Å²) >= 11 is 0. The topological polar surface area (TPSA) is 101 Å². The fourth-order valence-corrected chi connectivity index (χ4v) is 0.677. The predicted molar refractivity (Wildman–Crippen MR) is 41.4 cm³/mol. The number of ketones is 2. The van der Waals surface area contributed by atoms with Crippen molar-refractivity contribution in [1.82, 2.24) is 0 Å². The molecule has 0 fully saturated rings. The van der Waals surface area contributed by atoms with Gasteiger partial charge in [-0.15, -0.1) is 0 Å². The van der Waals surface area contributed by atoms with Crippen molar-refractivity contribution in [3.63, 3.8) is 0 Å². The maximum atomic E-state index is 10.6. The van der Waals surface area contributed by atoms with Crippen LogP contribution in [0.1, 0.15) is 13.8 Å². The van der Waals surface area contributed by atoms with Crippen molar-refractivity contribution in [3.8, 4) is 0 Å². The normalized spacial score (nSPS) is 18.1. The molecule has 0 amide bonds. The first-order valence-electron chi connectivity index (χ1n) is 3.50. The van der Waals surface area contributed by atoms with E-state index in [1.807, 2.05) is 0 Å². The van der Waals surface area contributed by atoms with Crippen LogP contribution in [0.5, 0.6) is 0 Å². The second-order valence-electron chi connectivity index (χ2n) is 2.68. The first-order chi connectivity index (χ1) is 5.37. The van der Waals surface area contributed by atoms with E-state index in [1.54, 1.807) is 0 Å². The lowest BCUT2D eigenvalue weighted by Gasteiger charge is -2.19. The molecule has 0 bridgehead atoms. The van der Waals surface area contributed by atoms with E-state index < -0.39 is 29.8 Å². The Bertz CT molecular complexity index is 172. The molecule has 0 radical (unpaired) electrons. The lowest BCUT2D eigenvalue weighted by Crippen LogP contribution is -2.49. The van der Waals surface area contributed by atoms with Gasteiger partial charge in [-0.25, -0.2) is 0 Å². The Morgan fingerprint density at radius 3 is 1.83 bits per heavy atom. The summed E-state index contributed by atoms with van der Waals surface area (Å²) in [4.78, 5) is 21.1. The summed E-state index contributed by atoms with van der Waals surface area (Å²) in [6.45, 7) is 2.29. The minimum Gasteiger partial charge on any atom is -0.388 e. The van der Waals surface area contributed by atoms with Crippen LogP contribution < -0.4 is 5.73 Å². The van der Waals surface area contributed by atoms with E-state index in [-0.39, 0.29) is 0 Å². The number of nitrogens with two attached hydrogens (primary N) is 1. The van der Waals surface area contributed by atoms with Gasteiger partial charge in [-0.2, -0.15) is 0 Å². The minimum absolute atomic E-state index is 0.470. The molecule has 0 saturated carbocycles. The molecule has 0 aromatic heterocycles. The molecule has 0 heterocycles. The number of hydrogen-bond acceptors (Lipinski definition) is 5. The van der Waals surface area contributed by atoms with E-state index in [2.05, 4.69) is 0 Å². The highest BCUT2D eigenvalue weighted by atomic mass is 16.3. The van der Waals surface area contributed by atoms with Gasteiger partial charge in [-0.05, 0) is 13.8 Å². The summed E-state index contributed by atoms with van der Waals surface area (Å²) in [5.74, 6) is -1.08. The van der Waals surface area contributed by atoms with Gasteiger partial charge in [0.1, 0.15) is 18.0 Å². The number of hydrogen-bond donors (Lipinski definition) is 3. The third kappa shape index (κ3) is 2.69. The number of carbonyl (C=O) groups excluding carboxylic acids is 2. The average molecular weight is 175 g/mol. The van der Waals surface area contributed by atoms with Gasteiger partial charge in [0.15, 0.2) is 5.78 Å². The highest BCUT2D eigenvalue weighted by Crippen LogP contribution is 2.00. The van der Waals surface area contributed by atoms with E-state index >= 15 is 0 Å².